The number of hydrogen-bond donors (Lipinski definition) is 1. The molecule has 1 rings (SSSR count). The van der Waals surface area contributed by atoms with Crippen LogP contribution in [0.4, 0.5) is 0 Å². The second kappa shape index (κ2) is 8.80. The van der Waals surface area contributed by atoms with E-state index in [-0.39, 0.29) is 12.1 Å². The molecule has 0 aromatic heterocycles. The Morgan fingerprint density at radius 3 is 2.63 bits per heavy atom. The summed E-state index contributed by atoms with van der Waals surface area (Å²) in [5, 5.41) is 4.98. The van der Waals surface area contributed by atoms with Crippen molar-refractivity contribution in [3.05, 3.63) is 33.8 Å². The highest BCUT2D eigenvalue weighted by molar-refractivity contribution is 6.33. The molecular weight excluding hydrogens is 281 g/mol. The number of rotatable bonds is 8. The Bertz CT molecular complexity index is 382. The van der Waals surface area contributed by atoms with Crippen LogP contribution >= 0.6 is 23.2 Å². The first-order valence-corrected chi connectivity index (χ1v) is 7.57. The van der Waals surface area contributed by atoms with Gasteiger partial charge >= 0.3 is 0 Å². The molecule has 0 aliphatic carbocycles. The van der Waals surface area contributed by atoms with Gasteiger partial charge in [0.15, 0.2) is 0 Å². The summed E-state index contributed by atoms with van der Waals surface area (Å²) in [6.07, 6.45) is 2.16. The molecule has 0 bridgehead atoms. The van der Waals surface area contributed by atoms with Gasteiger partial charge in [0.25, 0.3) is 0 Å². The van der Waals surface area contributed by atoms with Crippen LogP contribution in [0.2, 0.25) is 10.0 Å². The Morgan fingerprint density at radius 2 is 2.00 bits per heavy atom. The van der Waals surface area contributed by atoms with Gasteiger partial charge in [-0.25, -0.2) is 0 Å². The van der Waals surface area contributed by atoms with E-state index in [0.29, 0.717) is 6.61 Å². The van der Waals surface area contributed by atoms with E-state index in [1.54, 1.807) is 0 Å². The van der Waals surface area contributed by atoms with Gasteiger partial charge in [-0.1, -0.05) is 30.1 Å². The fraction of sp³-hybridized carbons (Fsp3) is 0.600. The number of ether oxygens (including phenoxy) is 1. The lowest BCUT2D eigenvalue weighted by atomic mass is 10.1. The average molecular weight is 304 g/mol. The van der Waals surface area contributed by atoms with Gasteiger partial charge < -0.3 is 10.1 Å². The number of benzene rings is 1. The molecule has 0 aliphatic heterocycles. The third-order valence-electron chi connectivity index (χ3n) is 2.79. The van der Waals surface area contributed by atoms with Gasteiger partial charge in [0.05, 0.1) is 12.7 Å². The lowest BCUT2D eigenvalue weighted by molar-refractivity contribution is 0.0613. The summed E-state index contributed by atoms with van der Waals surface area (Å²) in [6.45, 7) is 7.90. The molecular formula is C15H23Cl2NO. The van der Waals surface area contributed by atoms with E-state index in [1.807, 2.05) is 32.0 Å². The quantitative estimate of drug-likeness (QED) is 0.772. The molecule has 1 N–H and O–H groups in total. The predicted octanol–water partition coefficient (Wildman–Crippen LogP) is 4.33. The zero-order valence-electron chi connectivity index (χ0n) is 11.9. The minimum Gasteiger partial charge on any atom is -0.377 e. The monoisotopic (exact) mass is 303 g/mol. The first-order valence-electron chi connectivity index (χ1n) is 6.81. The van der Waals surface area contributed by atoms with Gasteiger partial charge in [-0.3, -0.25) is 0 Å². The predicted molar refractivity (Wildman–Crippen MR) is 83.3 cm³/mol. The highest BCUT2D eigenvalue weighted by Gasteiger charge is 2.12. The van der Waals surface area contributed by atoms with Crippen LogP contribution in [0.3, 0.4) is 0 Å². The summed E-state index contributed by atoms with van der Waals surface area (Å²) in [4.78, 5) is 0. The lowest BCUT2D eigenvalue weighted by Gasteiger charge is -2.20. The molecule has 0 amide bonds. The Kier molecular flexibility index (Phi) is 7.77. The van der Waals surface area contributed by atoms with Gasteiger partial charge in [-0.05, 0) is 57.0 Å². The summed E-state index contributed by atoms with van der Waals surface area (Å²) in [5.74, 6) is 0. The maximum absolute atomic E-state index is 6.21. The lowest BCUT2D eigenvalue weighted by Crippen LogP contribution is -2.36. The molecule has 0 aliphatic rings. The first kappa shape index (κ1) is 16.8. The van der Waals surface area contributed by atoms with Gasteiger partial charge in [-0.2, -0.15) is 0 Å². The minimum atomic E-state index is 0.237. The second-order valence-corrected chi connectivity index (χ2v) is 5.82. The Morgan fingerprint density at radius 1 is 1.26 bits per heavy atom. The molecule has 108 valence electrons. The van der Waals surface area contributed by atoms with E-state index < -0.39 is 0 Å². The maximum atomic E-state index is 6.21. The van der Waals surface area contributed by atoms with Crippen molar-refractivity contribution in [2.24, 2.45) is 0 Å². The van der Waals surface area contributed by atoms with Crippen molar-refractivity contribution in [3.8, 4) is 0 Å². The SMILES string of the molecule is CCCNC(COC(C)C)Cc1cc(Cl)ccc1Cl. The van der Waals surface area contributed by atoms with Crippen LogP contribution in [-0.4, -0.2) is 25.3 Å². The smallest absolute Gasteiger partial charge is 0.0626 e. The summed E-state index contributed by atoms with van der Waals surface area (Å²) in [7, 11) is 0. The van der Waals surface area contributed by atoms with E-state index >= 15 is 0 Å². The summed E-state index contributed by atoms with van der Waals surface area (Å²) in [5.41, 5.74) is 1.06. The Hall–Kier alpha value is -0.280. The zero-order chi connectivity index (χ0) is 14.3. The number of hydrogen-bond acceptors (Lipinski definition) is 2. The molecule has 1 unspecified atom stereocenters. The molecule has 0 fully saturated rings. The van der Waals surface area contributed by atoms with Crippen molar-refractivity contribution in [3.63, 3.8) is 0 Å². The molecule has 1 atom stereocenters. The fourth-order valence-electron chi connectivity index (χ4n) is 1.81. The highest BCUT2D eigenvalue weighted by Crippen LogP contribution is 2.22. The van der Waals surface area contributed by atoms with Gasteiger partial charge in [0.2, 0.25) is 0 Å². The largest absolute Gasteiger partial charge is 0.377 e. The molecule has 0 saturated carbocycles. The van der Waals surface area contributed by atoms with Crippen molar-refractivity contribution in [2.45, 2.75) is 45.8 Å². The summed E-state index contributed by atoms with van der Waals surface area (Å²) < 4.78 is 5.70. The van der Waals surface area contributed by atoms with Crippen molar-refractivity contribution in [1.29, 1.82) is 0 Å². The van der Waals surface area contributed by atoms with Gasteiger partial charge in [0.1, 0.15) is 0 Å². The van der Waals surface area contributed by atoms with Crippen LogP contribution < -0.4 is 5.32 Å². The van der Waals surface area contributed by atoms with Gasteiger partial charge in [0, 0.05) is 16.1 Å². The molecule has 2 nitrogen and oxygen atoms in total. The second-order valence-electron chi connectivity index (χ2n) is 4.97. The molecule has 0 heterocycles. The van der Waals surface area contributed by atoms with Crippen molar-refractivity contribution in [2.75, 3.05) is 13.2 Å². The molecule has 4 heteroatoms. The van der Waals surface area contributed by atoms with Crippen molar-refractivity contribution < 1.29 is 4.74 Å². The van der Waals surface area contributed by atoms with Crippen LogP contribution in [0.1, 0.15) is 32.8 Å². The van der Waals surface area contributed by atoms with Crippen LogP contribution in [0.15, 0.2) is 18.2 Å². The first-order chi connectivity index (χ1) is 9.02. The van der Waals surface area contributed by atoms with Crippen molar-refractivity contribution >= 4 is 23.2 Å². The van der Waals surface area contributed by atoms with Crippen LogP contribution in [-0.2, 0) is 11.2 Å². The van der Waals surface area contributed by atoms with Crippen LogP contribution in [0, 0.1) is 0 Å². The van der Waals surface area contributed by atoms with Crippen LogP contribution in [0.5, 0.6) is 0 Å². The summed E-state index contributed by atoms with van der Waals surface area (Å²) in [6, 6.07) is 5.85. The number of nitrogens with one attached hydrogen (secondary N) is 1. The molecule has 19 heavy (non-hydrogen) atoms. The van der Waals surface area contributed by atoms with E-state index in [2.05, 4.69) is 12.2 Å². The van der Waals surface area contributed by atoms with E-state index in [9.17, 15) is 0 Å². The third-order valence-corrected chi connectivity index (χ3v) is 3.39. The molecule has 1 aromatic carbocycles. The van der Waals surface area contributed by atoms with Gasteiger partial charge in [-0.15, -0.1) is 0 Å². The summed E-state index contributed by atoms with van der Waals surface area (Å²) >= 11 is 12.2. The Balaban J connectivity index is 2.66. The highest BCUT2D eigenvalue weighted by atomic mass is 35.5. The molecule has 0 radical (unpaired) electrons. The number of halogens is 2. The molecule has 0 spiro atoms. The van der Waals surface area contributed by atoms with E-state index in [4.69, 9.17) is 27.9 Å². The molecule has 0 saturated heterocycles. The third kappa shape index (κ3) is 6.62. The van der Waals surface area contributed by atoms with Crippen LogP contribution in [0.25, 0.3) is 0 Å². The normalized spacial score (nSPS) is 12.9. The zero-order valence-corrected chi connectivity index (χ0v) is 13.4. The van der Waals surface area contributed by atoms with E-state index in [1.165, 1.54) is 0 Å². The standard InChI is InChI=1S/C15H23Cl2NO/c1-4-7-18-14(10-19-11(2)3)9-12-8-13(16)5-6-15(12)17/h5-6,8,11,14,18H,4,7,9-10H2,1-3H3. The maximum Gasteiger partial charge on any atom is 0.0626 e. The minimum absolute atomic E-state index is 0.237. The average Bonchev–Trinajstić information content (AvgIpc) is 2.36. The Labute approximate surface area is 126 Å². The van der Waals surface area contributed by atoms with E-state index in [0.717, 1.165) is 35.0 Å². The molecule has 1 aromatic rings. The fourth-order valence-corrected chi connectivity index (χ4v) is 2.20. The topological polar surface area (TPSA) is 21.3 Å². The van der Waals surface area contributed by atoms with Crippen molar-refractivity contribution in [1.82, 2.24) is 5.32 Å².